The monoisotopic (exact) mass is 382 g/mol. The van der Waals surface area contributed by atoms with Crippen LogP contribution in [0.25, 0.3) is 5.82 Å². The molecular formula is C20H26N6S. The normalized spacial score (nSPS) is 11.6. The molecule has 2 N–H and O–H groups in total. The summed E-state index contributed by atoms with van der Waals surface area (Å²) in [5.41, 5.74) is 3.13. The minimum absolute atomic E-state index is 0.573. The summed E-state index contributed by atoms with van der Waals surface area (Å²) in [5, 5.41) is 11.1. The fourth-order valence-electron chi connectivity index (χ4n) is 2.76. The third-order valence-electron chi connectivity index (χ3n) is 4.03. The quantitative estimate of drug-likeness (QED) is 0.506. The van der Waals surface area contributed by atoms with Crippen LogP contribution >= 0.6 is 11.3 Å². The number of aryl methyl sites for hydroxylation is 3. The average Bonchev–Trinajstić information content (AvgIpc) is 3.22. The summed E-state index contributed by atoms with van der Waals surface area (Å²) in [7, 11) is 0. The largest absolute Gasteiger partial charge is 0.357 e. The summed E-state index contributed by atoms with van der Waals surface area (Å²) in [6.45, 7) is 10.4. The lowest BCUT2D eigenvalue weighted by Crippen LogP contribution is -2.36. The number of nitrogens with zero attached hydrogens (tertiary/aromatic N) is 4. The molecule has 3 heterocycles. The van der Waals surface area contributed by atoms with Crippen molar-refractivity contribution in [2.75, 3.05) is 6.54 Å². The number of aromatic nitrogens is 3. The Morgan fingerprint density at radius 1 is 1.15 bits per heavy atom. The van der Waals surface area contributed by atoms with Crippen LogP contribution in [0.1, 0.15) is 33.6 Å². The lowest BCUT2D eigenvalue weighted by molar-refractivity contribution is 0.800. The van der Waals surface area contributed by atoms with Gasteiger partial charge in [-0.15, -0.1) is 11.3 Å². The fourth-order valence-corrected chi connectivity index (χ4v) is 3.59. The van der Waals surface area contributed by atoms with E-state index in [0.717, 1.165) is 41.8 Å². The summed E-state index contributed by atoms with van der Waals surface area (Å²) in [4.78, 5) is 11.8. The van der Waals surface area contributed by atoms with E-state index in [9.17, 15) is 0 Å². The second kappa shape index (κ2) is 8.81. The van der Waals surface area contributed by atoms with E-state index in [0.29, 0.717) is 6.54 Å². The molecule has 3 rings (SSSR count). The van der Waals surface area contributed by atoms with Crippen LogP contribution < -0.4 is 10.6 Å². The van der Waals surface area contributed by atoms with Crippen molar-refractivity contribution in [2.24, 2.45) is 4.99 Å². The second-order valence-electron chi connectivity index (χ2n) is 6.42. The van der Waals surface area contributed by atoms with Crippen LogP contribution in [0.3, 0.4) is 0 Å². The molecule has 0 aliphatic rings. The van der Waals surface area contributed by atoms with Gasteiger partial charge in [-0.25, -0.2) is 14.7 Å². The Kier molecular flexibility index (Phi) is 6.24. The zero-order valence-electron chi connectivity index (χ0n) is 16.3. The predicted octanol–water partition coefficient (Wildman–Crippen LogP) is 3.51. The van der Waals surface area contributed by atoms with Gasteiger partial charge >= 0.3 is 0 Å². The van der Waals surface area contributed by atoms with Crippen molar-refractivity contribution in [3.8, 4) is 5.82 Å². The Balaban J connectivity index is 1.64. The maximum absolute atomic E-state index is 4.67. The van der Waals surface area contributed by atoms with Gasteiger partial charge in [0.1, 0.15) is 0 Å². The molecule has 0 aromatic carbocycles. The maximum Gasteiger partial charge on any atom is 0.191 e. The molecule has 0 unspecified atom stereocenters. The van der Waals surface area contributed by atoms with Gasteiger partial charge in [-0.1, -0.05) is 6.07 Å². The van der Waals surface area contributed by atoms with E-state index in [1.54, 1.807) is 11.3 Å². The zero-order chi connectivity index (χ0) is 19.2. The summed E-state index contributed by atoms with van der Waals surface area (Å²) < 4.78 is 1.86. The van der Waals surface area contributed by atoms with Crippen molar-refractivity contribution in [2.45, 2.75) is 40.8 Å². The van der Waals surface area contributed by atoms with E-state index in [-0.39, 0.29) is 0 Å². The molecule has 0 amide bonds. The molecule has 0 bridgehead atoms. The van der Waals surface area contributed by atoms with Crippen molar-refractivity contribution < 1.29 is 0 Å². The zero-order valence-corrected chi connectivity index (χ0v) is 17.1. The molecule has 7 heteroatoms. The van der Waals surface area contributed by atoms with Crippen molar-refractivity contribution in [1.29, 1.82) is 0 Å². The number of rotatable bonds is 6. The van der Waals surface area contributed by atoms with Crippen LogP contribution in [0, 0.1) is 20.8 Å². The molecule has 0 aliphatic carbocycles. The standard InChI is InChI=1S/C20H26N6S/c1-5-21-20(24-13-18-8-6-16(4)27-18)23-12-17-7-9-19(22-11-17)26-15(3)10-14(2)25-26/h6-11H,5,12-13H2,1-4H3,(H2,21,23,24). The Bertz CT molecular complexity index is 907. The molecule has 3 aromatic heterocycles. The van der Waals surface area contributed by atoms with Gasteiger partial charge in [0.2, 0.25) is 0 Å². The van der Waals surface area contributed by atoms with E-state index in [4.69, 9.17) is 0 Å². The summed E-state index contributed by atoms with van der Waals surface area (Å²) in [6.07, 6.45) is 1.86. The maximum atomic E-state index is 4.67. The molecule has 0 radical (unpaired) electrons. The summed E-state index contributed by atoms with van der Waals surface area (Å²) >= 11 is 1.80. The van der Waals surface area contributed by atoms with Crippen molar-refractivity contribution in [1.82, 2.24) is 25.4 Å². The van der Waals surface area contributed by atoms with E-state index < -0.39 is 0 Å². The molecule has 0 fully saturated rings. The van der Waals surface area contributed by atoms with Gasteiger partial charge in [0.25, 0.3) is 0 Å². The average molecular weight is 383 g/mol. The van der Waals surface area contributed by atoms with Crippen molar-refractivity contribution in [3.05, 3.63) is 63.2 Å². The van der Waals surface area contributed by atoms with Crippen molar-refractivity contribution >= 4 is 17.3 Å². The number of thiophene rings is 1. The summed E-state index contributed by atoms with van der Waals surface area (Å²) in [5.74, 6) is 1.64. The topological polar surface area (TPSA) is 67.1 Å². The molecule has 3 aromatic rings. The van der Waals surface area contributed by atoms with E-state index >= 15 is 0 Å². The lowest BCUT2D eigenvalue weighted by Gasteiger charge is -2.10. The lowest BCUT2D eigenvalue weighted by atomic mass is 10.3. The van der Waals surface area contributed by atoms with Gasteiger partial charge in [0.15, 0.2) is 11.8 Å². The third-order valence-corrected chi connectivity index (χ3v) is 5.03. The summed E-state index contributed by atoms with van der Waals surface area (Å²) in [6, 6.07) is 10.4. The second-order valence-corrected chi connectivity index (χ2v) is 7.80. The first-order valence-electron chi connectivity index (χ1n) is 9.11. The predicted molar refractivity (Wildman–Crippen MR) is 112 cm³/mol. The number of nitrogens with one attached hydrogen (secondary N) is 2. The smallest absolute Gasteiger partial charge is 0.191 e. The number of aliphatic imine (C=N–C) groups is 1. The van der Waals surface area contributed by atoms with Gasteiger partial charge in [-0.05, 0) is 57.5 Å². The number of hydrogen-bond acceptors (Lipinski definition) is 4. The number of hydrogen-bond donors (Lipinski definition) is 2. The van der Waals surface area contributed by atoms with Crippen LogP contribution in [0.15, 0.2) is 41.5 Å². The molecular weight excluding hydrogens is 356 g/mol. The number of pyridine rings is 1. The molecule has 6 nitrogen and oxygen atoms in total. The Hall–Kier alpha value is -2.67. The van der Waals surface area contributed by atoms with Gasteiger partial charge < -0.3 is 10.6 Å². The van der Waals surface area contributed by atoms with Gasteiger partial charge in [0.05, 0.1) is 18.8 Å². The highest BCUT2D eigenvalue weighted by atomic mass is 32.1. The van der Waals surface area contributed by atoms with Crippen LogP contribution in [0.2, 0.25) is 0 Å². The van der Waals surface area contributed by atoms with Crippen molar-refractivity contribution in [3.63, 3.8) is 0 Å². The SMILES string of the molecule is CCNC(=NCc1ccc(-n2nc(C)cc2C)nc1)NCc1ccc(C)s1. The minimum atomic E-state index is 0.573. The first-order valence-corrected chi connectivity index (χ1v) is 9.93. The molecule has 0 saturated carbocycles. The Morgan fingerprint density at radius 3 is 2.59 bits per heavy atom. The van der Waals surface area contributed by atoms with Crippen LogP contribution in [-0.2, 0) is 13.1 Å². The van der Waals surface area contributed by atoms with Gasteiger partial charge in [-0.3, -0.25) is 0 Å². The fraction of sp³-hybridized carbons (Fsp3) is 0.350. The molecule has 27 heavy (non-hydrogen) atoms. The number of guanidine groups is 1. The van der Waals surface area contributed by atoms with Crippen LogP contribution in [0.5, 0.6) is 0 Å². The van der Waals surface area contributed by atoms with Crippen LogP contribution in [0.4, 0.5) is 0 Å². The third kappa shape index (κ3) is 5.17. The molecule has 0 atom stereocenters. The highest BCUT2D eigenvalue weighted by Gasteiger charge is 2.05. The van der Waals surface area contributed by atoms with E-state index in [1.165, 1.54) is 9.75 Å². The Labute approximate surface area is 164 Å². The highest BCUT2D eigenvalue weighted by Crippen LogP contribution is 2.14. The minimum Gasteiger partial charge on any atom is -0.357 e. The first-order chi connectivity index (χ1) is 13.0. The molecule has 0 spiro atoms. The van der Waals surface area contributed by atoms with Crippen LogP contribution in [-0.4, -0.2) is 27.3 Å². The van der Waals surface area contributed by atoms with E-state index in [1.807, 2.05) is 36.9 Å². The van der Waals surface area contributed by atoms with E-state index in [2.05, 4.69) is 57.8 Å². The highest BCUT2D eigenvalue weighted by molar-refractivity contribution is 7.11. The molecule has 0 saturated heterocycles. The van der Waals surface area contributed by atoms with Gasteiger partial charge in [0, 0.05) is 28.2 Å². The first kappa shape index (κ1) is 19.1. The van der Waals surface area contributed by atoms with Gasteiger partial charge in [-0.2, -0.15) is 5.10 Å². The molecule has 0 aliphatic heterocycles. The molecule has 142 valence electrons. The Morgan fingerprint density at radius 2 is 2.00 bits per heavy atom.